The van der Waals surface area contributed by atoms with Gasteiger partial charge in [-0.05, 0) is 18.2 Å². The Morgan fingerprint density at radius 3 is 2.77 bits per heavy atom. The van der Waals surface area contributed by atoms with Gasteiger partial charge in [0, 0.05) is 18.0 Å². The fraction of sp³-hybridized carbons (Fsp3) is 0.214. The van der Waals surface area contributed by atoms with Crippen LogP contribution in [-0.2, 0) is 13.6 Å². The number of aromatic nitrogens is 4. The Labute approximate surface area is 123 Å². The second-order valence-electron chi connectivity index (χ2n) is 4.89. The van der Waals surface area contributed by atoms with Crippen LogP contribution < -0.4 is 5.56 Å². The molecule has 1 unspecified atom stereocenters. The average Bonchev–Trinajstić information content (AvgIpc) is 2.89. The van der Waals surface area contributed by atoms with E-state index in [9.17, 15) is 18.7 Å². The summed E-state index contributed by atoms with van der Waals surface area (Å²) in [4.78, 5) is 12.1. The maximum atomic E-state index is 13.7. The van der Waals surface area contributed by atoms with Gasteiger partial charge < -0.3 is 5.11 Å². The van der Waals surface area contributed by atoms with Crippen LogP contribution in [0.25, 0.3) is 10.9 Å². The lowest BCUT2D eigenvalue weighted by atomic mass is 10.1. The number of hydrogen-bond acceptors (Lipinski definition) is 4. The van der Waals surface area contributed by atoms with Gasteiger partial charge in [0.2, 0.25) is 0 Å². The number of halogens is 2. The van der Waals surface area contributed by atoms with Gasteiger partial charge in [-0.15, -0.1) is 0 Å². The number of benzene rings is 1. The molecular formula is C14H12F2N4O2. The van der Waals surface area contributed by atoms with Crippen LogP contribution in [0.3, 0.4) is 0 Å². The summed E-state index contributed by atoms with van der Waals surface area (Å²) in [5.74, 6) is -1.37. The van der Waals surface area contributed by atoms with Crippen molar-refractivity contribution in [2.24, 2.45) is 7.05 Å². The summed E-state index contributed by atoms with van der Waals surface area (Å²) in [6, 6.07) is 2.83. The molecule has 114 valence electrons. The van der Waals surface area contributed by atoms with Gasteiger partial charge in [-0.2, -0.15) is 10.2 Å². The Hall–Kier alpha value is -2.61. The minimum atomic E-state index is -1.34. The number of rotatable bonds is 3. The maximum absolute atomic E-state index is 13.7. The number of nitrogens with zero attached hydrogens (tertiary/aromatic N) is 4. The first kappa shape index (κ1) is 14.3. The molecule has 0 amide bonds. The molecule has 0 saturated heterocycles. The Morgan fingerprint density at radius 2 is 2.00 bits per heavy atom. The summed E-state index contributed by atoms with van der Waals surface area (Å²) in [5, 5.41) is 18.5. The Balaban J connectivity index is 2.01. The number of aliphatic hydroxyl groups excluding tert-OH is 1. The molecule has 6 nitrogen and oxygen atoms in total. The molecule has 0 radical (unpaired) electrons. The molecule has 0 bridgehead atoms. The summed E-state index contributed by atoms with van der Waals surface area (Å²) < 4.78 is 29.3. The summed E-state index contributed by atoms with van der Waals surface area (Å²) in [5.41, 5.74) is -0.329. The molecule has 2 heterocycles. The average molecular weight is 306 g/mol. The lowest BCUT2D eigenvalue weighted by Crippen LogP contribution is -2.22. The van der Waals surface area contributed by atoms with E-state index in [4.69, 9.17) is 0 Å². The van der Waals surface area contributed by atoms with Crippen LogP contribution in [0, 0.1) is 11.6 Å². The highest BCUT2D eigenvalue weighted by molar-refractivity contribution is 5.76. The molecule has 0 saturated carbocycles. The SMILES string of the molecule is Cn1ncc2cnn(CC(O)c3cc(F)ccc3F)c2c1=O. The van der Waals surface area contributed by atoms with Gasteiger partial charge in [-0.1, -0.05) is 0 Å². The predicted octanol–water partition coefficient (Wildman–Crippen LogP) is 1.14. The van der Waals surface area contributed by atoms with Gasteiger partial charge >= 0.3 is 0 Å². The van der Waals surface area contributed by atoms with Crippen molar-refractivity contribution < 1.29 is 13.9 Å². The molecule has 0 spiro atoms. The van der Waals surface area contributed by atoms with E-state index in [1.165, 1.54) is 24.1 Å². The molecule has 0 aliphatic carbocycles. The van der Waals surface area contributed by atoms with Gasteiger partial charge in [-0.25, -0.2) is 13.5 Å². The zero-order valence-corrected chi connectivity index (χ0v) is 11.6. The fourth-order valence-electron chi connectivity index (χ4n) is 2.25. The third-order valence-electron chi connectivity index (χ3n) is 3.40. The second kappa shape index (κ2) is 5.30. The molecule has 22 heavy (non-hydrogen) atoms. The van der Waals surface area contributed by atoms with Gasteiger partial charge in [0.05, 0.1) is 18.9 Å². The van der Waals surface area contributed by atoms with Gasteiger partial charge in [0.25, 0.3) is 5.56 Å². The van der Waals surface area contributed by atoms with Crippen molar-refractivity contribution in [3.05, 3.63) is 58.1 Å². The summed E-state index contributed by atoms with van der Waals surface area (Å²) in [7, 11) is 1.49. The molecule has 1 aromatic carbocycles. The van der Waals surface area contributed by atoms with Crippen molar-refractivity contribution >= 4 is 10.9 Å². The van der Waals surface area contributed by atoms with E-state index < -0.39 is 17.7 Å². The normalized spacial score (nSPS) is 12.7. The number of aryl methyl sites for hydroxylation is 1. The van der Waals surface area contributed by atoms with Crippen molar-refractivity contribution in [2.45, 2.75) is 12.6 Å². The molecule has 3 rings (SSSR count). The van der Waals surface area contributed by atoms with Crippen molar-refractivity contribution in [1.29, 1.82) is 0 Å². The van der Waals surface area contributed by atoms with Gasteiger partial charge in [0.1, 0.15) is 23.3 Å². The first-order chi connectivity index (χ1) is 10.5. The lowest BCUT2D eigenvalue weighted by Gasteiger charge is -2.13. The van der Waals surface area contributed by atoms with E-state index in [-0.39, 0.29) is 23.2 Å². The minimum absolute atomic E-state index is 0.177. The van der Waals surface area contributed by atoms with Crippen LogP contribution in [0.15, 0.2) is 35.4 Å². The second-order valence-corrected chi connectivity index (χ2v) is 4.89. The predicted molar refractivity (Wildman–Crippen MR) is 74.1 cm³/mol. The number of hydrogen-bond donors (Lipinski definition) is 1. The molecule has 0 aliphatic heterocycles. The van der Waals surface area contributed by atoms with E-state index >= 15 is 0 Å². The molecule has 1 N–H and O–H groups in total. The van der Waals surface area contributed by atoms with Crippen LogP contribution in [0.1, 0.15) is 11.7 Å². The smallest absolute Gasteiger partial charge is 0.292 e. The molecule has 2 aromatic heterocycles. The third-order valence-corrected chi connectivity index (χ3v) is 3.40. The van der Waals surface area contributed by atoms with Gasteiger partial charge in [-0.3, -0.25) is 9.48 Å². The Bertz CT molecular complexity index is 903. The summed E-state index contributed by atoms with van der Waals surface area (Å²) in [6.45, 7) is -0.177. The van der Waals surface area contributed by atoms with Crippen LogP contribution in [0.5, 0.6) is 0 Å². The number of fused-ring (bicyclic) bond motifs is 1. The summed E-state index contributed by atoms with van der Waals surface area (Å²) >= 11 is 0. The Morgan fingerprint density at radius 1 is 1.27 bits per heavy atom. The highest BCUT2D eigenvalue weighted by atomic mass is 19.1. The van der Waals surface area contributed by atoms with Crippen molar-refractivity contribution in [3.63, 3.8) is 0 Å². The quantitative estimate of drug-likeness (QED) is 0.787. The molecular weight excluding hydrogens is 294 g/mol. The topological polar surface area (TPSA) is 72.9 Å². The van der Waals surface area contributed by atoms with E-state index in [1.54, 1.807) is 0 Å². The van der Waals surface area contributed by atoms with Crippen LogP contribution in [0.4, 0.5) is 8.78 Å². The standard InChI is InChI=1S/C14H12F2N4O2/c1-19-14(22)13-8(5-17-19)6-18-20(13)7-12(21)10-4-9(15)2-3-11(10)16/h2-6,12,21H,7H2,1H3. The summed E-state index contributed by atoms with van der Waals surface area (Å²) in [6.07, 6.45) is 1.56. The van der Waals surface area contributed by atoms with E-state index in [0.717, 1.165) is 22.9 Å². The monoisotopic (exact) mass is 306 g/mol. The Kier molecular flexibility index (Phi) is 3.45. The zero-order chi connectivity index (χ0) is 15.9. The third kappa shape index (κ3) is 2.37. The maximum Gasteiger partial charge on any atom is 0.292 e. The van der Waals surface area contributed by atoms with Crippen molar-refractivity contribution in [2.75, 3.05) is 0 Å². The molecule has 1 atom stereocenters. The number of aliphatic hydroxyl groups is 1. The van der Waals surface area contributed by atoms with E-state index in [2.05, 4.69) is 10.2 Å². The van der Waals surface area contributed by atoms with Crippen LogP contribution in [-0.4, -0.2) is 24.7 Å². The highest BCUT2D eigenvalue weighted by Gasteiger charge is 2.17. The first-order valence-electron chi connectivity index (χ1n) is 6.48. The van der Waals surface area contributed by atoms with Crippen molar-refractivity contribution in [3.8, 4) is 0 Å². The van der Waals surface area contributed by atoms with Crippen molar-refractivity contribution in [1.82, 2.24) is 19.6 Å². The van der Waals surface area contributed by atoms with E-state index in [0.29, 0.717) is 5.39 Å². The first-order valence-corrected chi connectivity index (χ1v) is 6.48. The van der Waals surface area contributed by atoms with E-state index in [1.807, 2.05) is 0 Å². The molecule has 3 aromatic rings. The largest absolute Gasteiger partial charge is 0.386 e. The molecule has 0 fully saturated rings. The molecule has 0 aliphatic rings. The fourth-order valence-corrected chi connectivity index (χ4v) is 2.25. The molecule has 8 heteroatoms. The highest BCUT2D eigenvalue weighted by Crippen LogP contribution is 2.21. The zero-order valence-electron chi connectivity index (χ0n) is 11.6. The van der Waals surface area contributed by atoms with Gasteiger partial charge in [0.15, 0.2) is 0 Å². The van der Waals surface area contributed by atoms with Crippen LogP contribution >= 0.6 is 0 Å². The lowest BCUT2D eigenvalue weighted by molar-refractivity contribution is 0.148. The van der Waals surface area contributed by atoms with Crippen LogP contribution in [0.2, 0.25) is 0 Å². The minimum Gasteiger partial charge on any atom is -0.386 e.